The maximum absolute atomic E-state index is 13.2. The van der Waals surface area contributed by atoms with Gasteiger partial charge in [0.1, 0.15) is 5.82 Å². The standard InChI is InChI=1S/C20H26FNO3/c1-2-24-20-11-3-10-19(20,12-13-25-20)22-18(23)17-9-8-16(17)14-4-6-15(21)7-5-14/h4-7,16-17H,2-3,8-13H2,1H3,(H,22,23)/t16?,17?,19-,20+/m1/s1. The highest BCUT2D eigenvalue weighted by Crippen LogP contribution is 2.50. The normalized spacial score (nSPS) is 36.7. The fraction of sp³-hybridized carbons (Fsp3) is 0.650. The van der Waals surface area contributed by atoms with Gasteiger partial charge in [-0.15, -0.1) is 0 Å². The highest BCUT2D eigenvalue weighted by Gasteiger charge is 2.62. The number of fused-ring (bicyclic) bond motifs is 1. The summed E-state index contributed by atoms with van der Waals surface area (Å²) in [6, 6.07) is 6.55. The Kier molecular flexibility index (Phi) is 4.32. The summed E-state index contributed by atoms with van der Waals surface area (Å²) in [7, 11) is 0. The van der Waals surface area contributed by atoms with E-state index in [0.717, 1.165) is 44.1 Å². The van der Waals surface area contributed by atoms with E-state index in [1.807, 2.05) is 6.92 Å². The fourth-order valence-electron chi connectivity index (χ4n) is 4.93. The average molecular weight is 347 g/mol. The number of nitrogens with one attached hydrogen (secondary N) is 1. The molecule has 4 rings (SSSR count). The SMILES string of the molecule is CCO[C@]12CCC[C@@]1(NC(=O)C1CCC1c1ccc(F)cc1)CCO2. The molecule has 3 aliphatic rings. The molecule has 1 heterocycles. The number of hydrogen-bond acceptors (Lipinski definition) is 3. The van der Waals surface area contributed by atoms with E-state index in [1.165, 1.54) is 12.1 Å². The zero-order chi connectivity index (χ0) is 17.5. The molecule has 1 N–H and O–H groups in total. The first-order valence-electron chi connectivity index (χ1n) is 9.45. The van der Waals surface area contributed by atoms with Gasteiger partial charge >= 0.3 is 0 Å². The lowest BCUT2D eigenvalue weighted by Crippen LogP contribution is -2.61. The van der Waals surface area contributed by atoms with Gasteiger partial charge in [0.2, 0.25) is 5.91 Å². The van der Waals surface area contributed by atoms with Gasteiger partial charge in [0.15, 0.2) is 5.79 Å². The Morgan fingerprint density at radius 2 is 2.08 bits per heavy atom. The first-order valence-corrected chi connectivity index (χ1v) is 9.45. The van der Waals surface area contributed by atoms with Crippen molar-refractivity contribution in [3.05, 3.63) is 35.6 Å². The van der Waals surface area contributed by atoms with Crippen LogP contribution in [0, 0.1) is 11.7 Å². The molecule has 5 heteroatoms. The summed E-state index contributed by atoms with van der Waals surface area (Å²) in [6.07, 6.45) is 5.43. The fourth-order valence-corrected chi connectivity index (χ4v) is 4.93. The van der Waals surface area contributed by atoms with Crippen LogP contribution in [0.25, 0.3) is 0 Å². The van der Waals surface area contributed by atoms with E-state index in [9.17, 15) is 9.18 Å². The smallest absolute Gasteiger partial charge is 0.224 e. The number of carbonyl (C=O) groups is 1. The lowest BCUT2D eigenvalue weighted by atomic mass is 9.69. The molecule has 3 fully saturated rings. The van der Waals surface area contributed by atoms with Crippen LogP contribution >= 0.6 is 0 Å². The number of amides is 1. The van der Waals surface area contributed by atoms with Crippen LogP contribution in [0.1, 0.15) is 56.9 Å². The molecule has 0 radical (unpaired) electrons. The van der Waals surface area contributed by atoms with E-state index >= 15 is 0 Å². The van der Waals surface area contributed by atoms with Crippen molar-refractivity contribution in [2.24, 2.45) is 5.92 Å². The largest absolute Gasteiger partial charge is 0.348 e. The number of rotatable bonds is 5. The second kappa shape index (κ2) is 6.36. The van der Waals surface area contributed by atoms with Gasteiger partial charge in [-0.3, -0.25) is 4.79 Å². The predicted octanol–water partition coefficient (Wildman–Crippen LogP) is 3.51. The van der Waals surface area contributed by atoms with Crippen LogP contribution in [-0.2, 0) is 14.3 Å². The van der Waals surface area contributed by atoms with Crippen LogP contribution in [0.15, 0.2) is 24.3 Å². The van der Waals surface area contributed by atoms with Gasteiger partial charge in [0, 0.05) is 18.9 Å². The minimum absolute atomic E-state index is 0.0413. The molecule has 1 amide bonds. The molecule has 0 bridgehead atoms. The van der Waals surface area contributed by atoms with Gasteiger partial charge < -0.3 is 14.8 Å². The second-order valence-corrected chi connectivity index (χ2v) is 7.55. The Labute approximate surface area is 148 Å². The first-order chi connectivity index (χ1) is 12.1. The van der Waals surface area contributed by atoms with Gasteiger partial charge in [0.25, 0.3) is 0 Å². The monoisotopic (exact) mass is 347 g/mol. The van der Waals surface area contributed by atoms with E-state index in [2.05, 4.69) is 5.32 Å². The van der Waals surface area contributed by atoms with Gasteiger partial charge in [-0.25, -0.2) is 4.39 Å². The van der Waals surface area contributed by atoms with Crippen molar-refractivity contribution < 1.29 is 18.7 Å². The molecule has 1 aromatic rings. The molecule has 25 heavy (non-hydrogen) atoms. The van der Waals surface area contributed by atoms with E-state index in [4.69, 9.17) is 9.47 Å². The Balaban J connectivity index is 1.49. The molecule has 2 saturated carbocycles. The van der Waals surface area contributed by atoms with Crippen LogP contribution in [0.4, 0.5) is 4.39 Å². The first kappa shape index (κ1) is 17.0. The molecule has 2 unspecified atom stereocenters. The average Bonchev–Trinajstić information content (AvgIpc) is 3.02. The molecule has 1 aliphatic heterocycles. The number of hydrogen-bond donors (Lipinski definition) is 1. The van der Waals surface area contributed by atoms with Crippen LogP contribution in [0.2, 0.25) is 0 Å². The minimum Gasteiger partial charge on any atom is -0.348 e. The topological polar surface area (TPSA) is 47.6 Å². The molecule has 2 aliphatic carbocycles. The van der Waals surface area contributed by atoms with Gasteiger partial charge in [-0.1, -0.05) is 12.1 Å². The summed E-state index contributed by atoms with van der Waals surface area (Å²) < 4.78 is 25.1. The maximum Gasteiger partial charge on any atom is 0.224 e. The highest BCUT2D eigenvalue weighted by atomic mass is 19.1. The quantitative estimate of drug-likeness (QED) is 0.887. The summed E-state index contributed by atoms with van der Waals surface area (Å²) in [5, 5.41) is 3.33. The molecule has 136 valence electrons. The molecule has 1 saturated heterocycles. The Morgan fingerprint density at radius 1 is 1.28 bits per heavy atom. The third-order valence-electron chi connectivity index (χ3n) is 6.35. The van der Waals surface area contributed by atoms with Crippen molar-refractivity contribution in [1.29, 1.82) is 0 Å². The summed E-state index contributed by atoms with van der Waals surface area (Å²) in [5.41, 5.74) is 0.665. The third kappa shape index (κ3) is 2.68. The summed E-state index contributed by atoms with van der Waals surface area (Å²) in [4.78, 5) is 13.0. The van der Waals surface area contributed by atoms with Crippen molar-refractivity contribution in [3.63, 3.8) is 0 Å². The van der Waals surface area contributed by atoms with Crippen LogP contribution in [-0.4, -0.2) is 30.4 Å². The zero-order valence-electron chi connectivity index (χ0n) is 14.7. The predicted molar refractivity (Wildman–Crippen MR) is 91.5 cm³/mol. The third-order valence-corrected chi connectivity index (χ3v) is 6.35. The number of benzene rings is 1. The highest BCUT2D eigenvalue weighted by molar-refractivity contribution is 5.82. The Morgan fingerprint density at radius 3 is 2.76 bits per heavy atom. The lowest BCUT2D eigenvalue weighted by Gasteiger charge is -2.43. The van der Waals surface area contributed by atoms with Crippen molar-refractivity contribution in [2.45, 2.75) is 62.7 Å². The Hall–Kier alpha value is -1.46. The molecular weight excluding hydrogens is 321 g/mol. The van der Waals surface area contributed by atoms with Gasteiger partial charge in [0.05, 0.1) is 12.1 Å². The number of halogens is 1. The van der Waals surface area contributed by atoms with Crippen molar-refractivity contribution in [1.82, 2.24) is 5.32 Å². The van der Waals surface area contributed by atoms with E-state index in [-0.39, 0.29) is 29.1 Å². The van der Waals surface area contributed by atoms with E-state index in [1.54, 1.807) is 12.1 Å². The molecule has 1 aromatic carbocycles. The molecule has 4 nitrogen and oxygen atoms in total. The van der Waals surface area contributed by atoms with Crippen LogP contribution in [0.5, 0.6) is 0 Å². The molecule has 0 aromatic heterocycles. The van der Waals surface area contributed by atoms with E-state index in [0.29, 0.717) is 13.2 Å². The lowest BCUT2D eigenvalue weighted by molar-refractivity contribution is -0.229. The molecule has 4 atom stereocenters. The molecular formula is C20H26FNO3. The second-order valence-electron chi connectivity index (χ2n) is 7.55. The van der Waals surface area contributed by atoms with Crippen molar-refractivity contribution in [3.8, 4) is 0 Å². The Bertz CT molecular complexity index is 635. The van der Waals surface area contributed by atoms with E-state index < -0.39 is 5.79 Å². The summed E-state index contributed by atoms with van der Waals surface area (Å²) >= 11 is 0. The summed E-state index contributed by atoms with van der Waals surface area (Å²) in [5.74, 6) is -0.648. The summed E-state index contributed by atoms with van der Waals surface area (Å²) in [6.45, 7) is 3.18. The van der Waals surface area contributed by atoms with Gasteiger partial charge in [-0.2, -0.15) is 0 Å². The van der Waals surface area contributed by atoms with Crippen LogP contribution in [0.3, 0.4) is 0 Å². The number of carbonyl (C=O) groups excluding carboxylic acids is 1. The molecule has 0 spiro atoms. The van der Waals surface area contributed by atoms with Crippen molar-refractivity contribution in [2.75, 3.05) is 13.2 Å². The maximum atomic E-state index is 13.2. The number of ether oxygens (including phenoxy) is 2. The van der Waals surface area contributed by atoms with Gasteiger partial charge in [-0.05, 0) is 62.6 Å². The zero-order valence-corrected chi connectivity index (χ0v) is 14.7. The van der Waals surface area contributed by atoms with Crippen molar-refractivity contribution >= 4 is 5.91 Å². The minimum atomic E-state index is -0.646. The van der Waals surface area contributed by atoms with Crippen LogP contribution < -0.4 is 5.32 Å².